The molecule has 21 heavy (non-hydrogen) atoms. The van der Waals surface area contributed by atoms with E-state index in [1.807, 2.05) is 0 Å². The summed E-state index contributed by atoms with van der Waals surface area (Å²) in [5.74, 6) is -0.331. The fraction of sp³-hybridized carbons (Fsp3) is 0.571. The van der Waals surface area contributed by atoms with Crippen molar-refractivity contribution in [1.29, 1.82) is 0 Å². The normalized spacial score (nSPS) is 26.2. The van der Waals surface area contributed by atoms with Crippen LogP contribution in [0.5, 0.6) is 0 Å². The van der Waals surface area contributed by atoms with Gasteiger partial charge in [-0.2, -0.15) is 0 Å². The van der Waals surface area contributed by atoms with Gasteiger partial charge in [0, 0.05) is 13.2 Å². The van der Waals surface area contributed by atoms with Crippen LogP contribution in [0.1, 0.15) is 24.8 Å². The molecule has 1 saturated carbocycles. The standard InChI is InChI=1S/C14H19FN2O3S/c15-11-4-1-9(8-16)7-13(11)21(18,19)17-12-5-6-20-14(12)10-2-3-10/h1,4,7,10,12,14,17H,2-3,5-6,8,16H2. The molecule has 116 valence electrons. The summed E-state index contributed by atoms with van der Waals surface area (Å²) < 4.78 is 46.9. The van der Waals surface area contributed by atoms with Gasteiger partial charge in [-0.1, -0.05) is 6.07 Å². The minimum Gasteiger partial charge on any atom is -0.376 e. The molecule has 5 nitrogen and oxygen atoms in total. The van der Waals surface area contributed by atoms with E-state index in [0.29, 0.717) is 24.5 Å². The van der Waals surface area contributed by atoms with Crippen molar-refractivity contribution >= 4 is 10.0 Å². The molecule has 0 amide bonds. The van der Waals surface area contributed by atoms with E-state index in [4.69, 9.17) is 10.5 Å². The molecule has 7 heteroatoms. The molecule has 3 N–H and O–H groups in total. The van der Waals surface area contributed by atoms with Gasteiger partial charge < -0.3 is 10.5 Å². The zero-order valence-corrected chi connectivity index (χ0v) is 12.4. The molecular weight excluding hydrogens is 295 g/mol. The van der Waals surface area contributed by atoms with E-state index in [2.05, 4.69) is 4.72 Å². The molecule has 2 atom stereocenters. The van der Waals surface area contributed by atoms with Gasteiger partial charge in [-0.05, 0) is 42.9 Å². The van der Waals surface area contributed by atoms with Crippen LogP contribution in [0.2, 0.25) is 0 Å². The van der Waals surface area contributed by atoms with Crippen molar-refractivity contribution in [1.82, 2.24) is 4.72 Å². The minimum atomic E-state index is -3.91. The van der Waals surface area contributed by atoms with E-state index in [9.17, 15) is 12.8 Å². The van der Waals surface area contributed by atoms with Gasteiger partial charge in [0.15, 0.2) is 0 Å². The lowest BCUT2D eigenvalue weighted by molar-refractivity contribution is 0.0848. The van der Waals surface area contributed by atoms with Crippen molar-refractivity contribution < 1.29 is 17.5 Å². The molecule has 2 unspecified atom stereocenters. The first-order chi connectivity index (χ1) is 10.0. The highest BCUT2D eigenvalue weighted by Crippen LogP contribution is 2.39. The first-order valence-electron chi connectivity index (χ1n) is 7.13. The molecule has 2 aliphatic rings. The van der Waals surface area contributed by atoms with Crippen molar-refractivity contribution in [3.8, 4) is 0 Å². The average Bonchev–Trinajstić information content (AvgIpc) is 3.20. The smallest absolute Gasteiger partial charge is 0.243 e. The van der Waals surface area contributed by atoms with Crippen LogP contribution in [0.3, 0.4) is 0 Å². The number of nitrogens with one attached hydrogen (secondary N) is 1. The van der Waals surface area contributed by atoms with E-state index < -0.39 is 15.8 Å². The first-order valence-corrected chi connectivity index (χ1v) is 8.62. The predicted molar refractivity (Wildman–Crippen MR) is 75.5 cm³/mol. The molecule has 1 aliphatic heterocycles. The van der Waals surface area contributed by atoms with Gasteiger partial charge in [-0.25, -0.2) is 17.5 Å². The van der Waals surface area contributed by atoms with Gasteiger partial charge in [0.25, 0.3) is 0 Å². The lowest BCUT2D eigenvalue weighted by Gasteiger charge is -2.19. The molecule has 0 radical (unpaired) electrons. The zero-order chi connectivity index (χ0) is 15.0. The van der Waals surface area contributed by atoms with Crippen molar-refractivity contribution in [3.63, 3.8) is 0 Å². The molecule has 1 heterocycles. The Morgan fingerprint density at radius 3 is 2.76 bits per heavy atom. The highest BCUT2D eigenvalue weighted by atomic mass is 32.2. The fourth-order valence-corrected chi connectivity index (χ4v) is 4.18. The maximum atomic E-state index is 13.9. The summed E-state index contributed by atoms with van der Waals surface area (Å²) in [6, 6.07) is 3.64. The van der Waals surface area contributed by atoms with E-state index in [0.717, 1.165) is 18.9 Å². The summed E-state index contributed by atoms with van der Waals surface area (Å²) >= 11 is 0. The van der Waals surface area contributed by atoms with Crippen LogP contribution >= 0.6 is 0 Å². The van der Waals surface area contributed by atoms with Crippen LogP contribution in [0.15, 0.2) is 23.1 Å². The third-order valence-electron chi connectivity index (χ3n) is 4.05. The van der Waals surface area contributed by atoms with Crippen LogP contribution in [-0.4, -0.2) is 27.2 Å². The Hall–Kier alpha value is -1.02. The van der Waals surface area contributed by atoms with Crippen LogP contribution in [0, 0.1) is 11.7 Å². The van der Waals surface area contributed by atoms with Crippen LogP contribution in [0.25, 0.3) is 0 Å². The van der Waals surface area contributed by atoms with E-state index in [1.165, 1.54) is 12.1 Å². The Kier molecular flexibility index (Phi) is 4.00. The largest absolute Gasteiger partial charge is 0.376 e. The molecule has 1 aliphatic carbocycles. The van der Waals surface area contributed by atoms with E-state index in [-0.39, 0.29) is 23.6 Å². The first kappa shape index (κ1) is 14.9. The molecule has 0 aromatic heterocycles. The summed E-state index contributed by atoms with van der Waals surface area (Å²) in [5, 5.41) is 0. The number of benzene rings is 1. The maximum Gasteiger partial charge on any atom is 0.243 e. The number of hydrogen-bond acceptors (Lipinski definition) is 4. The van der Waals surface area contributed by atoms with E-state index in [1.54, 1.807) is 0 Å². The Labute approximate surface area is 123 Å². The number of ether oxygens (including phenoxy) is 1. The Morgan fingerprint density at radius 1 is 1.33 bits per heavy atom. The second-order valence-corrected chi connectivity index (χ2v) is 7.34. The highest BCUT2D eigenvalue weighted by molar-refractivity contribution is 7.89. The number of rotatable bonds is 5. The SMILES string of the molecule is NCc1ccc(F)c(S(=O)(=O)NC2CCOC2C2CC2)c1. The molecule has 0 bridgehead atoms. The van der Waals surface area contributed by atoms with Crippen LogP contribution in [0.4, 0.5) is 4.39 Å². The van der Waals surface area contributed by atoms with Gasteiger partial charge in [0.1, 0.15) is 10.7 Å². The summed E-state index contributed by atoms with van der Waals surface area (Å²) in [6.45, 7) is 0.708. The molecule has 0 spiro atoms. The molecule has 1 saturated heterocycles. The molecule has 1 aromatic rings. The lowest BCUT2D eigenvalue weighted by atomic mass is 10.1. The lowest BCUT2D eigenvalue weighted by Crippen LogP contribution is -2.41. The molecule has 1 aromatic carbocycles. The van der Waals surface area contributed by atoms with Crippen LogP contribution < -0.4 is 10.5 Å². The number of sulfonamides is 1. The fourth-order valence-electron chi connectivity index (χ4n) is 2.77. The summed E-state index contributed by atoms with van der Waals surface area (Å²) in [6.07, 6.45) is 2.68. The maximum absolute atomic E-state index is 13.9. The topological polar surface area (TPSA) is 81.4 Å². The summed E-state index contributed by atoms with van der Waals surface area (Å²) in [7, 11) is -3.91. The van der Waals surface area contributed by atoms with Gasteiger partial charge in [0.05, 0.1) is 12.1 Å². The molecule has 2 fully saturated rings. The second kappa shape index (κ2) is 5.64. The Morgan fingerprint density at radius 2 is 2.10 bits per heavy atom. The Balaban J connectivity index is 1.83. The van der Waals surface area contributed by atoms with Gasteiger partial charge in [0.2, 0.25) is 10.0 Å². The summed E-state index contributed by atoms with van der Waals surface area (Å²) in [4.78, 5) is -0.341. The van der Waals surface area contributed by atoms with Gasteiger partial charge in [-0.15, -0.1) is 0 Å². The third kappa shape index (κ3) is 3.11. The number of hydrogen-bond donors (Lipinski definition) is 2. The monoisotopic (exact) mass is 314 g/mol. The van der Waals surface area contributed by atoms with E-state index >= 15 is 0 Å². The zero-order valence-electron chi connectivity index (χ0n) is 11.6. The van der Waals surface area contributed by atoms with Crippen molar-refractivity contribution in [3.05, 3.63) is 29.6 Å². The molecule has 3 rings (SSSR count). The Bertz CT molecular complexity index is 631. The quantitative estimate of drug-likeness (QED) is 0.853. The molecular formula is C14H19FN2O3S. The van der Waals surface area contributed by atoms with Crippen molar-refractivity contribution in [2.75, 3.05) is 6.61 Å². The minimum absolute atomic E-state index is 0.0828. The third-order valence-corrected chi connectivity index (χ3v) is 5.55. The van der Waals surface area contributed by atoms with Crippen molar-refractivity contribution in [2.45, 2.75) is 42.8 Å². The second-order valence-electron chi connectivity index (χ2n) is 5.66. The van der Waals surface area contributed by atoms with Crippen molar-refractivity contribution in [2.24, 2.45) is 11.7 Å². The summed E-state index contributed by atoms with van der Waals surface area (Å²) in [5.41, 5.74) is 6.07. The van der Waals surface area contributed by atoms with Gasteiger partial charge in [-0.3, -0.25) is 0 Å². The van der Waals surface area contributed by atoms with Gasteiger partial charge >= 0.3 is 0 Å². The predicted octanol–water partition coefficient (Wildman–Crippen LogP) is 1.13. The number of halogens is 1. The average molecular weight is 314 g/mol. The van der Waals surface area contributed by atoms with Crippen LogP contribution in [-0.2, 0) is 21.3 Å². The highest BCUT2D eigenvalue weighted by Gasteiger charge is 2.42. The number of nitrogens with two attached hydrogens (primary N) is 1.